The van der Waals surface area contributed by atoms with Crippen molar-refractivity contribution in [3.05, 3.63) is 33.9 Å². The molecule has 0 aliphatic heterocycles. The Morgan fingerprint density at radius 2 is 2.17 bits per heavy atom. The van der Waals surface area contributed by atoms with Crippen molar-refractivity contribution in [1.82, 2.24) is 0 Å². The Bertz CT molecular complexity index is 337. The molecule has 0 aromatic heterocycles. The summed E-state index contributed by atoms with van der Waals surface area (Å²) in [7, 11) is 0. The van der Waals surface area contributed by atoms with Gasteiger partial charge in [0.1, 0.15) is 0 Å². The Morgan fingerprint density at radius 3 is 2.67 bits per heavy atom. The van der Waals surface area contributed by atoms with Crippen molar-refractivity contribution in [3.63, 3.8) is 0 Å². The van der Waals surface area contributed by atoms with E-state index < -0.39 is 4.92 Å². The molecule has 0 radical (unpaired) electrons. The van der Waals surface area contributed by atoms with Crippen LogP contribution in [-0.4, -0.2) is 4.92 Å². The zero-order chi connectivity index (χ0) is 9.14. The van der Waals surface area contributed by atoms with Crippen molar-refractivity contribution in [2.45, 2.75) is 11.8 Å². The van der Waals surface area contributed by atoms with Crippen LogP contribution in [0.4, 0.5) is 5.69 Å². The minimum atomic E-state index is -0.515. The molecule has 0 fully saturated rings. The largest absolute Gasteiger partial charge is 0.505 e. The van der Waals surface area contributed by atoms with Crippen LogP contribution in [0.3, 0.4) is 0 Å². The first-order valence-corrected chi connectivity index (χ1v) is 3.94. The van der Waals surface area contributed by atoms with Crippen molar-refractivity contribution in [2.75, 3.05) is 0 Å². The third-order valence-corrected chi connectivity index (χ3v) is 2.09. The fraction of sp³-hybridized carbons (Fsp3) is 0.143. The summed E-state index contributed by atoms with van der Waals surface area (Å²) in [5.41, 5.74) is 0.722. The van der Waals surface area contributed by atoms with Crippen LogP contribution in [0, 0.1) is 17.0 Å². The van der Waals surface area contributed by atoms with Crippen molar-refractivity contribution >= 4 is 17.4 Å². The first-order chi connectivity index (χ1) is 5.65. The first kappa shape index (κ1) is 8.73. The molecule has 0 aliphatic rings. The van der Waals surface area contributed by atoms with E-state index in [1.54, 1.807) is 13.0 Å². The van der Waals surface area contributed by atoms with E-state index >= 15 is 0 Å². The number of nitrogens with zero attached hydrogens (tertiary/aromatic N) is 1. The van der Waals surface area contributed by atoms with Gasteiger partial charge in [-0.25, -0.2) is 0 Å². The quantitative estimate of drug-likeness (QED) is 0.399. The van der Waals surface area contributed by atoms with Crippen molar-refractivity contribution < 1.29 is 9.13 Å². The van der Waals surface area contributed by atoms with Gasteiger partial charge in [0.2, 0.25) is 0 Å². The Labute approximate surface area is 72.9 Å². The number of hydrogen-bond donors (Lipinski definition) is 0. The predicted octanol–water partition coefficient (Wildman–Crippen LogP) is 1.69. The van der Waals surface area contributed by atoms with E-state index in [4.69, 9.17) is 0 Å². The fourth-order valence-electron chi connectivity index (χ4n) is 0.792. The second-order valence-electron chi connectivity index (χ2n) is 2.29. The highest BCUT2D eigenvalue weighted by Crippen LogP contribution is 2.16. The third kappa shape index (κ3) is 1.62. The van der Waals surface area contributed by atoms with Gasteiger partial charge in [0.15, 0.2) is 0 Å². The number of hydrogen-bond acceptors (Lipinski definition) is 3. The van der Waals surface area contributed by atoms with E-state index in [0.29, 0.717) is 4.90 Å². The van der Waals surface area contributed by atoms with Crippen molar-refractivity contribution in [3.8, 4) is 0 Å². The lowest BCUT2D eigenvalue weighted by atomic mass is 10.2. The Balaban J connectivity index is 3.22. The molecule has 0 bridgehead atoms. The van der Waals surface area contributed by atoms with Crippen LogP contribution in [0.2, 0.25) is 0 Å². The van der Waals surface area contributed by atoms with Gasteiger partial charge < -0.3 is 0 Å². The molecule has 0 heterocycles. The highest BCUT2D eigenvalue weighted by molar-refractivity contribution is 7.65. The molecule has 12 heavy (non-hydrogen) atoms. The molecule has 0 atom stereocenters. The van der Waals surface area contributed by atoms with Crippen LogP contribution in [0.1, 0.15) is 5.56 Å². The van der Waals surface area contributed by atoms with E-state index in [1.165, 1.54) is 12.1 Å². The minimum Gasteiger partial charge on any atom is -0.258 e. The molecule has 5 heteroatoms. The molecule has 1 rings (SSSR count). The van der Waals surface area contributed by atoms with Gasteiger partial charge in [0.05, 0.1) is 11.0 Å². The summed E-state index contributed by atoms with van der Waals surface area (Å²) in [4.78, 5) is 10.2. The summed E-state index contributed by atoms with van der Waals surface area (Å²) in [6.07, 6.45) is 0. The Kier molecular flexibility index (Phi) is 2.44. The summed E-state index contributed by atoms with van der Waals surface area (Å²) < 4.78 is 10.4. The van der Waals surface area contributed by atoms with Crippen LogP contribution in [-0.2, 0) is 15.9 Å². The van der Waals surface area contributed by atoms with Gasteiger partial charge in [0.25, 0.3) is 10.6 Å². The molecule has 0 amide bonds. The first-order valence-electron chi connectivity index (χ1n) is 3.20. The average Bonchev–Trinajstić information content (AvgIpc) is 2.05. The zero-order valence-corrected chi connectivity index (χ0v) is 7.13. The maximum Gasteiger partial charge on any atom is 0.505 e. The summed E-state index contributed by atoms with van der Waals surface area (Å²) in [5.74, 6) is 0. The van der Waals surface area contributed by atoms with Crippen molar-refractivity contribution in [1.29, 1.82) is 0 Å². The standard InChI is InChI=1S/C7H6NO3S/c1-5-2-3-6(8(9)10)4-7(5)12-11/h2-4H,1H3/q+1. The average molecular weight is 184 g/mol. The molecule has 1 aromatic rings. The molecule has 62 valence electrons. The monoisotopic (exact) mass is 184 g/mol. The SMILES string of the molecule is Cc1ccc([N+](=O)[O-])cc1[S+]=O. The van der Waals surface area contributed by atoms with Gasteiger partial charge in [-0.05, 0) is 13.0 Å². The lowest BCUT2D eigenvalue weighted by molar-refractivity contribution is -0.385. The number of aryl methyl sites for hydroxylation is 1. The maximum absolute atomic E-state index is 10.4. The van der Waals surface area contributed by atoms with Crippen LogP contribution in [0.15, 0.2) is 23.1 Å². The highest BCUT2D eigenvalue weighted by Gasteiger charge is 2.16. The molecule has 0 aliphatic carbocycles. The van der Waals surface area contributed by atoms with Gasteiger partial charge in [0, 0.05) is 15.8 Å². The lowest BCUT2D eigenvalue weighted by Gasteiger charge is -1.89. The molecule has 0 saturated heterocycles. The van der Waals surface area contributed by atoms with Gasteiger partial charge in [-0.1, -0.05) is 0 Å². The smallest absolute Gasteiger partial charge is 0.258 e. The Morgan fingerprint density at radius 1 is 1.50 bits per heavy atom. The summed E-state index contributed by atoms with van der Waals surface area (Å²) in [5, 5.41) is 10.3. The van der Waals surface area contributed by atoms with Gasteiger partial charge >= 0.3 is 11.7 Å². The van der Waals surface area contributed by atoms with Crippen LogP contribution < -0.4 is 0 Å². The zero-order valence-electron chi connectivity index (χ0n) is 6.31. The predicted molar refractivity (Wildman–Crippen MR) is 44.2 cm³/mol. The van der Waals surface area contributed by atoms with Crippen LogP contribution >= 0.6 is 0 Å². The Hall–Kier alpha value is -1.36. The molecule has 0 saturated carbocycles. The normalized spacial score (nSPS) is 9.42. The van der Waals surface area contributed by atoms with E-state index in [0.717, 1.165) is 5.56 Å². The van der Waals surface area contributed by atoms with E-state index in [9.17, 15) is 14.3 Å². The highest BCUT2D eigenvalue weighted by atomic mass is 32.1. The van der Waals surface area contributed by atoms with E-state index in [-0.39, 0.29) is 17.4 Å². The summed E-state index contributed by atoms with van der Waals surface area (Å²) >= 11 is 0.273. The second kappa shape index (κ2) is 3.36. The number of benzene rings is 1. The number of non-ortho nitro benzene ring substituents is 1. The lowest BCUT2D eigenvalue weighted by Crippen LogP contribution is -1.89. The minimum absolute atomic E-state index is 0.0426. The van der Waals surface area contributed by atoms with Crippen LogP contribution in [0.5, 0.6) is 0 Å². The molecule has 0 spiro atoms. The number of rotatable bonds is 2. The molecule has 4 nitrogen and oxygen atoms in total. The van der Waals surface area contributed by atoms with Gasteiger partial charge in [-0.15, -0.1) is 0 Å². The molecule has 1 aromatic carbocycles. The fourth-order valence-corrected chi connectivity index (χ4v) is 1.16. The molecule has 0 unspecified atom stereocenters. The third-order valence-electron chi connectivity index (χ3n) is 1.47. The second-order valence-corrected chi connectivity index (χ2v) is 2.90. The molecule has 0 N–H and O–H groups in total. The summed E-state index contributed by atoms with van der Waals surface area (Å²) in [6, 6.07) is 4.24. The van der Waals surface area contributed by atoms with Crippen molar-refractivity contribution in [2.24, 2.45) is 0 Å². The topological polar surface area (TPSA) is 60.2 Å². The van der Waals surface area contributed by atoms with Gasteiger partial charge in [-0.2, -0.15) is 0 Å². The molecular weight excluding hydrogens is 178 g/mol. The maximum atomic E-state index is 10.4. The molecular formula is C7H6NO3S+. The van der Waals surface area contributed by atoms with E-state index in [2.05, 4.69) is 0 Å². The summed E-state index contributed by atoms with van der Waals surface area (Å²) in [6.45, 7) is 1.74. The van der Waals surface area contributed by atoms with Crippen LogP contribution in [0.25, 0.3) is 0 Å². The van der Waals surface area contributed by atoms with E-state index in [1.807, 2.05) is 0 Å². The number of nitro benzene ring substituents is 1. The number of nitro groups is 1. The van der Waals surface area contributed by atoms with Gasteiger partial charge in [-0.3, -0.25) is 10.1 Å².